The monoisotopic (exact) mass is 548 g/mol. The number of carbonyl (C=O) groups is 2. The quantitative estimate of drug-likeness (QED) is 0.0461. The minimum Gasteiger partial charge on any atom is -0.478 e. The lowest BCUT2D eigenvalue weighted by Gasteiger charge is -2.20. The maximum Gasteiger partial charge on any atom is 0.336 e. The Morgan fingerprint density at radius 3 is 2.14 bits per heavy atom. The molecule has 2 aliphatic rings. The van der Waals surface area contributed by atoms with E-state index in [4.69, 9.17) is 21.4 Å². The summed E-state index contributed by atoms with van der Waals surface area (Å²) in [7, 11) is -10.3. The Kier molecular flexibility index (Phi) is 6.01. The first kappa shape index (κ1) is 25.7. The molecule has 2 aromatic carbocycles. The highest BCUT2D eigenvalue weighted by molar-refractivity contribution is 7.86. The van der Waals surface area contributed by atoms with E-state index >= 15 is 0 Å². The number of hydrogen-bond donors (Lipinski definition) is 7. The van der Waals surface area contributed by atoms with Crippen LogP contribution in [-0.4, -0.2) is 42.9 Å². The second kappa shape index (κ2) is 8.64. The molecular formula is C21H16N4O10S2. The van der Waals surface area contributed by atoms with E-state index in [1.165, 1.54) is 12.1 Å². The van der Waals surface area contributed by atoms with Crippen molar-refractivity contribution in [3.8, 4) is 22.5 Å². The summed E-state index contributed by atoms with van der Waals surface area (Å²) in [6, 6.07) is 7.78. The van der Waals surface area contributed by atoms with Gasteiger partial charge >= 0.3 is 5.97 Å². The van der Waals surface area contributed by atoms with Gasteiger partial charge in [-0.2, -0.15) is 16.8 Å². The van der Waals surface area contributed by atoms with Gasteiger partial charge in [-0.3, -0.25) is 24.7 Å². The molecule has 0 unspecified atom stereocenters. The molecule has 0 aromatic heterocycles. The number of hydrazine groups is 1. The van der Waals surface area contributed by atoms with Crippen LogP contribution < -0.4 is 22.4 Å². The van der Waals surface area contributed by atoms with Crippen LogP contribution >= 0.6 is 0 Å². The number of carboxylic acids is 1. The number of nitrogens with one attached hydrogen (secondary N) is 2. The minimum absolute atomic E-state index is 0.123. The molecule has 192 valence electrons. The van der Waals surface area contributed by atoms with Gasteiger partial charge in [0.2, 0.25) is 0 Å². The molecule has 1 aliphatic heterocycles. The lowest BCUT2D eigenvalue weighted by molar-refractivity contribution is 0.0697. The van der Waals surface area contributed by atoms with Gasteiger partial charge in [-0.1, -0.05) is 0 Å². The molecule has 0 saturated heterocycles. The Labute approximate surface area is 207 Å². The number of carboxylic acid groups (broad SMARTS) is 1. The summed E-state index contributed by atoms with van der Waals surface area (Å²) in [5.41, 5.74) is 5.33. The maximum absolute atomic E-state index is 12.2. The second-order valence-corrected chi connectivity index (χ2v) is 10.4. The number of nitrogen functional groups attached to an aromatic ring is 2. The zero-order valence-electron chi connectivity index (χ0n) is 18.2. The lowest BCUT2D eigenvalue weighted by Crippen LogP contribution is -2.30. The zero-order valence-corrected chi connectivity index (χ0v) is 19.8. The fourth-order valence-corrected chi connectivity index (χ4v) is 5.44. The number of benzene rings is 3. The van der Waals surface area contributed by atoms with Gasteiger partial charge in [0, 0.05) is 22.1 Å². The summed E-state index contributed by atoms with van der Waals surface area (Å²) in [5, 5.41) is 16.9. The number of amides is 1. The number of aromatic carboxylic acids is 1. The van der Waals surface area contributed by atoms with E-state index in [9.17, 15) is 40.6 Å². The number of fused-ring (bicyclic) bond motifs is 2. The van der Waals surface area contributed by atoms with Crippen LogP contribution in [0.25, 0.3) is 33.4 Å². The summed E-state index contributed by atoms with van der Waals surface area (Å²) in [4.78, 5) is 22.3. The molecule has 2 aromatic rings. The van der Waals surface area contributed by atoms with Crippen LogP contribution in [0.2, 0.25) is 0 Å². The van der Waals surface area contributed by atoms with Crippen molar-refractivity contribution in [3.63, 3.8) is 0 Å². The van der Waals surface area contributed by atoms with E-state index < -0.39 is 69.9 Å². The summed E-state index contributed by atoms with van der Waals surface area (Å²) >= 11 is 0. The van der Waals surface area contributed by atoms with Crippen molar-refractivity contribution in [2.75, 3.05) is 5.73 Å². The van der Waals surface area contributed by atoms with Gasteiger partial charge in [0.25, 0.3) is 26.1 Å². The Balaban J connectivity index is 2.39. The maximum atomic E-state index is 12.2. The number of anilines is 1. The average molecular weight is 549 g/mol. The van der Waals surface area contributed by atoms with E-state index in [0.29, 0.717) is 0 Å². The van der Waals surface area contributed by atoms with E-state index in [-0.39, 0.29) is 27.6 Å². The summed E-state index contributed by atoms with van der Waals surface area (Å²) in [6.07, 6.45) is 0. The number of rotatable bonds is 5. The Hall–Kier alpha value is -4.35. The standard InChI is InChI=1S/C21H16N4O10S2/c22-13-5-3-10-15(12-7-8(20(26)25-24)1-2-9(12)21(27)28)11-4-6-14(23)19(37(32,33)34)17(11)35-16(10)18(13)36(29,30)31/h1-7,22H,23-24H2,(H,25,26)(H,27,28)(H,29,30,31)(H,32,33,34). The summed E-state index contributed by atoms with van der Waals surface area (Å²) < 4.78 is 74.0. The Morgan fingerprint density at radius 2 is 1.57 bits per heavy atom. The van der Waals surface area contributed by atoms with Gasteiger partial charge < -0.3 is 15.3 Å². The lowest BCUT2D eigenvalue weighted by atomic mass is 9.89. The van der Waals surface area contributed by atoms with E-state index in [1.807, 2.05) is 5.43 Å². The van der Waals surface area contributed by atoms with Crippen LogP contribution in [0.3, 0.4) is 0 Å². The topological polar surface area (TPSA) is 264 Å². The zero-order chi connectivity index (χ0) is 27.4. The Morgan fingerprint density at radius 1 is 0.919 bits per heavy atom. The molecule has 4 rings (SSSR count). The number of carbonyl (C=O) groups excluding carboxylic acids is 1. The SMILES string of the molecule is N=c1ccc2c(-c3cc(C(=O)NN)ccc3C(=O)O)c3ccc(N)c(S(=O)(=O)O)c3oc-2c1S(=O)(=O)O. The highest BCUT2D eigenvalue weighted by Crippen LogP contribution is 2.45. The molecule has 0 bridgehead atoms. The van der Waals surface area contributed by atoms with Gasteiger partial charge in [-0.15, -0.1) is 0 Å². The number of nitrogens with two attached hydrogens (primary N) is 2. The minimum atomic E-state index is -5.16. The largest absolute Gasteiger partial charge is 0.478 e. The molecule has 0 radical (unpaired) electrons. The average Bonchev–Trinajstić information content (AvgIpc) is 2.79. The first-order valence-electron chi connectivity index (χ1n) is 9.87. The molecule has 37 heavy (non-hydrogen) atoms. The fourth-order valence-electron chi connectivity index (χ4n) is 3.96. The van der Waals surface area contributed by atoms with Crippen molar-refractivity contribution in [1.82, 2.24) is 5.43 Å². The van der Waals surface area contributed by atoms with Crippen molar-refractivity contribution in [3.05, 3.63) is 58.9 Å². The third kappa shape index (κ3) is 4.28. The van der Waals surface area contributed by atoms with Gasteiger partial charge in [0.05, 0.1) is 16.6 Å². The van der Waals surface area contributed by atoms with Gasteiger partial charge in [0.1, 0.15) is 0 Å². The van der Waals surface area contributed by atoms with Crippen LogP contribution in [0.4, 0.5) is 5.69 Å². The van der Waals surface area contributed by atoms with E-state index in [0.717, 1.165) is 30.3 Å². The Bertz CT molecular complexity index is 1900. The van der Waals surface area contributed by atoms with Gasteiger partial charge in [-0.05, 0) is 48.0 Å². The molecule has 16 heteroatoms. The molecule has 0 saturated carbocycles. The third-order valence-corrected chi connectivity index (χ3v) is 7.28. The normalized spacial score (nSPS) is 12.1. The van der Waals surface area contributed by atoms with E-state index in [2.05, 4.69) is 0 Å². The molecule has 9 N–H and O–H groups in total. The number of hydrogen-bond acceptors (Lipinski definition) is 10. The van der Waals surface area contributed by atoms with Gasteiger partial charge in [0.15, 0.2) is 21.1 Å². The predicted molar refractivity (Wildman–Crippen MR) is 127 cm³/mol. The van der Waals surface area contributed by atoms with E-state index in [1.54, 1.807) is 0 Å². The highest BCUT2D eigenvalue weighted by Gasteiger charge is 2.31. The van der Waals surface area contributed by atoms with Crippen molar-refractivity contribution in [2.45, 2.75) is 9.79 Å². The second-order valence-electron chi connectivity index (χ2n) is 7.65. The molecule has 0 spiro atoms. The fraction of sp³-hybridized carbons (Fsp3) is 0. The first-order valence-corrected chi connectivity index (χ1v) is 12.7. The van der Waals surface area contributed by atoms with Crippen molar-refractivity contribution in [1.29, 1.82) is 5.41 Å². The molecule has 1 amide bonds. The molecular weight excluding hydrogens is 532 g/mol. The molecule has 0 atom stereocenters. The molecule has 1 heterocycles. The van der Waals surface area contributed by atoms with Crippen molar-refractivity contribution < 1.29 is 45.1 Å². The van der Waals surface area contributed by atoms with Crippen LogP contribution in [-0.2, 0) is 20.2 Å². The smallest absolute Gasteiger partial charge is 0.336 e. The first-order chi connectivity index (χ1) is 17.2. The van der Waals surface area contributed by atoms with Crippen molar-refractivity contribution >= 4 is 48.8 Å². The highest BCUT2D eigenvalue weighted by atomic mass is 32.2. The third-order valence-electron chi connectivity index (χ3n) is 5.43. The van der Waals surface area contributed by atoms with Crippen LogP contribution in [0.5, 0.6) is 0 Å². The van der Waals surface area contributed by atoms with Crippen molar-refractivity contribution in [2.24, 2.45) is 5.84 Å². The van der Waals surface area contributed by atoms with Crippen LogP contribution in [0, 0.1) is 5.41 Å². The van der Waals surface area contributed by atoms with Gasteiger partial charge in [-0.25, -0.2) is 10.6 Å². The van der Waals surface area contributed by atoms with Crippen LogP contribution in [0.1, 0.15) is 20.7 Å². The summed E-state index contributed by atoms with van der Waals surface area (Å²) in [6.45, 7) is 0. The molecule has 1 aliphatic carbocycles. The predicted octanol–water partition coefficient (Wildman–Crippen LogP) is 1.06. The molecule has 0 fully saturated rings. The van der Waals surface area contributed by atoms with Crippen LogP contribution in [0.15, 0.2) is 56.7 Å². The summed E-state index contributed by atoms with van der Waals surface area (Å²) in [5.74, 6) is 2.15. The molecule has 14 nitrogen and oxygen atoms in total.